The number of nitrogens with one attached hydrogen (secondary N) is 1. The van der Waals surface area contributed by atoms with Crippen molar-refractivity contribution in [2.24, 2.45) is 5.73 Å². The molecule has 2 heterocycles. The number of primary amides is 1. The van der Waals surface area contributed by atoms with Gasteiger partial charge in [-0.25, -0.2) is 8.42 Å². The summed E-state index contributed by atoms with van der Waals surface area (Å²) in [6.45, 7) is 7.04. The molecule has 0 unspecified atom stereocenters. The highest BCUT2D eigenvalue weighted by molar-refractivity contribution is 7.89. The molecule has 9 nitrogen and oxygen atoms in total. The zero-order valence-corrected chi connectivity index (χ0v) is 21.2. The summed E-state index contributed by atoms with van der Waals surface area (Å²) in [5.74, 6) is -1.18. The van der Waals surface area contributed by atoms with E-state index >= 15 is 0 Å². The van der Waals surface area contributed by atoms with Crippen molar-refractivity contribution in [1.29, 1.82) is 0 Å². The number of sulfonamides is 1. The predicted octanol–water partition coefficient (Wildman–Crippen LogP) is 2.81. The van der Waals surface area contributed by atoms with Crippen molar-refractivity contribution in [3.8, 4) is 0 Å². The quantitative estimate of drug-likeness (QED) is 0.540. The molecular formula is C23H30N4O5S2. The summed E-state index contributed by atoms with van der Waals surface area (Å²) in [6, 6.07) is 5.74. The maximum absolute atomic E-state index is 12.9. The average molecular weight is 507 g/mol. The fraction of sp³-hybridized carbons (Fsp3) is 0.435. The van der Waals surface area contributed by atoms with Crippen LogP contribution in [0, 0.1) is 0 Å². The lowest BCUT2D eigenvalue weighted by Crippen LogP contribution is -2.34. The number of benzene rings is 1. The molecule has 3 amide bonds. The first-order valence-corrected chi connectivity index (χ1v) is 13.5. The van der Waals surface area contributed by atoms with Crippen LogP contribution in [0.5, 0.6) is 0 Å². The molecule has 0 saturated heterocycles. The normalized spacial score (nSPS) is 13.6. The smallest absolute Gasteiger partial charge is 0.256 e. The van der Waals surface area contributed by atoms with E-state index < -0.39 is 21.8 Å². The Morgan fingerprint density at radius 3 is 2.26 bits per heavy atom. The molecule has 0 saturated carbocycles. The molecule has 3 rings (SSSR count). The molecule has 1 aliphatic rings. The van der Waals surface area contributed by atoms with Crippen molar-refractivity contribution < 1.29 is 22.8 Å². The summed E-state index contributed by atoms with van der Waals surface area (Å²) >= 11 is 1.23. The van der Waals surface area contributed by atoms with Gasteiger partial charge in [0.15, 0.2) is 0 Å². The Morgan fingerprint density at radius 2 is 1.74 bits per heavy atom. The largest absolute Gasteiger partial charge is 0.365 e. The van der Waals surface area contributed by atoms with Gasteiger partial charge in [-0.1, -0.05) is 13.8 Å². The highest BCUT2D eigenvalue weighted by Crippen LogP contribution is 2.37. The van der Waals surface area contributed by atoms with Gasteiger partial charge in [0.25, 0.3) is 11.8 Å². The van der Waals surface area contributed by atoms with E-state index in [0.717, 1.165) is 10.4 Å². The number of rotatable bonds is 9. The number of anilines is 1. The van der Waals surface area contributed by atoms with Crippen LogP contribution in [0.3, 0.4) is 0 Å². The Morgan fingerprint density at radius 1 is 1.12 bits per heavy atom. The van der Waals surface area contributed by atoms with Crippen molar-refractivity contribution in [2.45, 2.75) is 51.5 Å². The number of hydrogen-bond donors (Lipinski definition) is 2. The molecule has 184 valence electrons. The molecule has 0 radical (unpaired) electrons. The van der Waals surface area contributed by atoms with E-state index in [1.807, 2.05) is 13.8 Å². The zero-order valence-electron chi connectivity index (χ0n) is 19.6. The first-order chi connectivity index (χ1) is 16.1. The number of nitrogens with zero attached hydrogens (tertiary/aromatic N) is 2. The molecule has 1 aromatic carbocycles. The van der Waals surface area contributed by atoms with Crippen LogP contribution in [0.1, 0.15) is 64.8 Å². The lowest BCUT2D eigenvalue weighted by molar-refractivity contribution is -0.129. The Hall–Kier alpha value is -2.76. The molecular weight excluding hydrogens is 476 g/mol. The number of amides is 3. The third kappa shape index (κ3) is 5.31. The Kier molecular flexibility index (Phi) is 8.11. The average Bonchev–Trinajstić information content (AvgIpc) is 3.16. The van der Waals surface area contributed by atoms with Crippen LogP contribution >= 0.6 is 11.3 Å². The first kappa shape index (κ1) is 25.9. The van der Waals surface area contributed by atoms with Gasteiger partial charge in [-0.15, -0.1) is 11.3 Å². The maximum atomic E-state index is 12.9. The van der Waals surface area contributed by atoms with Gasteiger partial charge >= 0.3 is 0 Å². The third-order valence-corrected chi connectivity index (χ3v) is 8.72. The van der Waals surface area contributed by atoms with Crippen LogP contribution < -0.4 is 11.1 Å². The van der Waals surface area contributed by atoms with Gasteiger partial charge in [-0.3, -0.25) is 14.4 Å². The number of carbonyl (C=O) groups excluding carboxylic acids is 3. The Bertz CT molecular complexity index is 1180. The summed E-state index contributed by atoms with van der Waals surface area (Å²) in [4.78, 5) is 39.4. The third-order valence-electron chi connectivity index (χ3n) is 5.68. The standard InChI is InChI=1S/C23H30N4O5S2/c1-4-11-27(12-5-2)34(31,32)17-8-6-16(7-9-17)22(30)25-23-20(21(24)29)18-10-13-26(15(3)28)14-19(18)33-23/h6-9H,4-5,10-14H2,1-3H3,(H2,24,29)(H,25,30). The van der Waals surface area contributed by atoms with Gasteiger partial charge in [0, 0.05) is 37.0 Å². The van der Waals surface area contributed by atoms with Gasteiger partial charge < -0.3 is 16.0 Å². The van der Waals surface area contributed by atoms with E-state index in [0.29, 0.717) is 50.4 Å². The summed E-state index contributed by atoms with van der Waals surface area (Å²) in [7, 11) is -3.65. The predicted molar refractivity (Wildman–Crippen MR) is 131 cm³/mol. The minimum absolute atomic E-state index is 0.0586. The highest BCUT2D eigenvalue weighted by atomic mass is 32.2. The highest BCUT2D eigenvalue weighted by Gasteiger charge is 2.29. The number of thiophene rings is 1. The lowest BCUT2D eigenvalue weighted by Gasteiger charge is -2.25. The van der Waals surface area contributed by atoms with Gasteiger partial charge in [0.05, 0.1) is 17.0 Å². The van der Waals surface area contributed by atoms with Crippen LogP contribution in [-0.4, -0.2) is 55.0 Å². The molecule has 34 heavy (non-hydrogen) atoms. The number of nitrogens with two attached hydrogens (primary N) is 1. The van der Waals surface area contributed by atoms with Crippen molar-refractivity contribution in [2.75, 3.05) is 25.0 Å². The lowest BCUT2D eigenvalue weighted by atomic mass is 10.0. The molecule has 0 aliphatic carbocycles. The van der Waals surface area contributed by atoms with Crippen molar-refractivity contribution in [3.05, 3.63) is 45.8 Å². The van der Waals surface area contributed by atoms with Gasteiger partial charge in [0.2, 0.25) is 15.9 Å². The Labute approximate surface area is 204 Å². The van der Waals surface area contributed by atoms with Gasteiger partial charge in [-0.05, 0) is 49.1 Å². The minimum atomic E-state index is -3.65. The van der Waals surface area contributed by atoms with E-state index in [-0.39, 0.29) is 21.9 Å². The van der Waals surface area contributed by atoms with Crippen LogP contribution in [0.2, 0.25) is 0 Å². The van der Waals surface area contributed by atoms with Crippen molar-refractivity contribution >= 4 is 44.1 Å². The second-order valence-corrected chi connectivity index (χ2v) is 11.2. The second kappa shape index (κ2) is 10.7. The molecule has 11 heteroatoms. The second-order valence-electron chi connectivity index (χ2n) is 8.15. The van der Waals surface area contributed by atoms with Crippen molar-refractivity contribution in [1.82, 2.24) is 9.21 Å². The number of hydrogen-bond acceptors (Lipinski definition) is 6. The van der Waals surface area contributed by atoms with E-state index in [9.17, 15) is 22.8 Å². The van der Waals surface area contributed by atoms with E-state index in [4.69, 9.17) is 5.73 Å². The van der Waals surface area contributed by atoms with E-state index in [1.54, 1.807) is 4.90 Å². The molecule has 0 fully saturated rings. The molecule has 1 aliphatic heterocycles. The SMILES string of the molecule is CCCN(CCC)S(=O)(=O)c1ccc(C(=O)Nc2sc3c(c2C(N)=O)CCN(C(C)=O)C3)cc1. The number of fused-ring (bicyclic) bond motifs is 1. The summed E-state index contributed by atoms with van der Waals surface area (Å²) in [6.07, 6.45) is 1.89. The van der Waals surface area contributed by atoms with E-state index in [2.05, 4.69) is 5.32 Å². The summed E-state index contributed by atoms with van der Waals surface area (Å²) in [5, 5.41) is 3.08. The fourth-order valence-corrected chi connectivity index (χ4v) is 6.86. The molecule has 3 N–H and O–H groups in total. The van der Waals surface area contributed by atoms with Gasteiger partial charge in [0.1, 0.15) is 5.00 Å². The monoisotopic (exact) mass is 506 g/mol. The number of carbonyl (C=O) groups is 3. The van der Waals surface area contributed by atoms with E-state index in [1.165, 1.54) is 46.8 Å². The molecule has 0 bridgehead atoms. The van der Waals surface area contributed by atoms with Crippen LogP contribution in [0.25, 0.3) is 0 Å². The fourth-order valence-electron chi connectivity index (χ4n) is 3.97. The maximum Gasteiger partial charge on any atom is 0.256 e. The van der Waals surface area contributed by atoms with Crippen LogP contribution in [-0.2, 0) is 27.8 Å². The zero-order chi connectivity index (χ0) is 25.0. The molecule has 0 spiro atoms. The Balaban J connectivity index is 1.83. The molecule has 0 atom stereocenters. The summed E-state index contributed by atoms with van der Waals surface area (Å²) in [5.41, 5.74) is 6.89. The summed E-state index contributed by atoms with van der Waals surface area (Å²) < 4.78 is 27.3. The van der Waals surface area contributed by atoms with Gasteiger partial charge in [-0.2, -0.15) is 4.31 Å². The van der Waals surface area contributed by atoms with Crippen LogP contribution in [0.15, 0.2) is 29.2 Å². The minimum Gasteiger partial charge on any atom is -0.365 e. The molecule has 1 aromatic heterocycles. The van der Waals surface area contributed by atoms with Crippen molar-refractivity contribution in [3.63, 3.8) is 0 Å². The van der Waals surface area contributed by atoms with Crippen LogP contribution in [0.4, 0.5) is 5.00 Å². The topological polar surface area (TPSA) is 130 Å². The first-order valence-electron chi connectivity index (χ1n) is 11.2. The molecule has 2 aromatic rings.